The van der Waals surface area contributed by atoms with Gasteiger partial charge in [-0.15, -0.1) is 0 Å². The summed E-state index contributed by atoms with van der Waals surface area (Å²) in [6, 6.07) is 5.52. The Hall–Kier alpha value is -2.04. The first-order valence-electron chi connectivity index (χ1n) is 7.24. The molecule has 0 aliphatic carbocycles. The molecule has 1 aromatic carbocycles. The number of carboxylic acids is 1. The molecule has 3 N–H and O–H groups in total. The van der Waals surface area contributed by atoms with Crippen LogP contribution in [0, 0.1) is 12.8 Å². The molecule has 5 heteroatoms. The number of anilines is 1. The minimum atomic E-state index is -0.892. The van der Waals surface area contributed by atoms with E-state index in [1.54, 1.807) is 6.92 Å². The van der Waals surface area contributed by atoms with Gasteiger partial charge in [0.25, 0.3) is 0 Å². The molecule has 0 saturated heterocycles. The number of aryl methyl sites for hydroxylation is 1. The zero-order chi connectivity index (χ0) is 16.0. The van der Waals surface area contributed by atoms with Gasteiger partial charge in [0.15, 0.2) is 0 Å². The molecule has 0 spiro atoms. The van der Waals surface area contributed by atoms with Gasteiger partial charge < -0.3 is 15.7 Å². The van der Waals surface area contributed by atoms with Crippen molar-refractivity contribution in [3.8, 4) is 0 Å². The van der Waals surface area contributed by atoms with E-state index in [9.17, 15) is 9.59 Å². The van der Waals surface area contributed by atoms with Gasteiger partial charge in [-0.2, -0.15) is 0 Å². The van der Waals surface area contributed by atoms with E-state index in [1.165, 1.54) is 0 Å². The highest BCUT2D eigenvalue weighted by atomic mass is 16.4. The molecule has 1 rings (SSSR count). The van der Waals surface area contributed by atoms with Gasteiger partial charge in [-0.05, 0) is 30.4 Å². The second kappa shape index (κ2) is 7.67. The second-order valence-corrected chi connectivity index (χ2v) is 5.47. The van der Waals surface area contributed by atoms with Crippen molar-refractivity contribution in [3.05, 3.63) is 29.3 Å². The Balaban J connectivity index is 2.73. The van der Waals surface area contributed by atoms with E-state index in [0.717, 1.165) is 16.8 Å². The van der Waals surface area contributed by atoms with Gasteiger partial charge in [-0.3, -0.25) is 4.79 Å². The first-order valence-corrected chi connectivity index (χ1v) is 7.24. The van der Waals surface area contributed by atoms with Crippen LogP contribution in [0.15, 0.2) is 18.2 Å². The molecule has 0 aliphatic rings. The molecule has 0 aromatic heterocycles. The van der Waals surface area contributed by atoms with E-state index in [0.29, 0.717) is 12.3 Å². The van der Waals surface area contributed by atoms with Gasteiger partial charge in [0, 0.05) is 12.2 Å². The predicted molar refractivity (Wildman–Crippen MR) is 83.7 cm³/mol. The fourth-order valence-corrected chi connectivity index (χ4v) is 2.12. The minimum Gasteiger partial charge on any atom is -0.481 e. The Labute approximate surface area is 125 Å². The molecule has 0 heterocycles. The lowest BCUT2D eigenvalue weighted by atomic mass is 9.98. The zero-order valence-electron chi connectivity index (χ0n) is 13.1. The molecule has 0 radical (unpaired) electrons. The largest absolute Gasteiger partial charge is 0.481 e. The summed E-state index contributed by atoms with van der Waals surface area (Å²) in [5.41, 5.74) is 2.85. The molecular formula is C16H24N2O3. The predicted octanol–water partition coefficient (Wildman–Crippen LogP) is 3.35. The van der Waals surface area contributed by atoms with Crippen molar-refractivity contribution >= 4 is 17.7 Å². The van der Waals surface area contributed by atoms with E-state index in [1.807, 2.05) is 25.1 Å². The van der Waals surface area contributed by atoms with Crippen molar-refractivity contribution in [1.29, 1.82) is 0 Å². The van der Waals surface area contributed by atoms with E-state index in [4.69, 9.17) is 5.11 Å². The fraction of sp³-hybridized carbons (Fsp3) is 0.500. The third kappa shape index (κ3) is 4.77. The number of urea groups is 1. The summed E-state index contributed by atoms with van der Waals surface area (Å²) in [5.74, 6) is -1.16. The molecule has 0 aliphatic heterocycles. The van der Waals surface area contributed by atoms with Crippen molar-refractivity contribution < 1.29 is 14.7 Å². The van der Waals surface area contributed by atoms with Crippen LogP contribution in [0.3, 0.4) is 0 Å². The van der Waals surface area contributed by atoms with Gasteiger partial charge in [0.1, 0.15) is 0 Å². The summed E-state index contributed by atoms with van der Waals surface area (Å²) in [6.45, 7) is 7.98. The van der Waals surface area contributed by atoms with Crippen molar-refractivity contribution in [3.63, 3.8) is 0 Å². The molecular weight excluding hydrogens is 268 g/mol. The highest BCUT2D eigenvalue weighted by Gasteiger charge is 2.17. The van der Waals surface area contributed by atoms with Crippen LogP contribution >= 0.6 is 0 Å². The standard InChI is InChI=1S/C16H24N2O3/c1-5-12(15(19)20)9-17-16(21)18-14-11(4)7-6-8-13(14)10(2)3/h6-8,10,12H,5,9H2,1-4H3,(H,19,20)(H2,17,18,21). The van der Waals surface area contributed by atoms with Crippen LogP contribution in [0.1, 0.15) is 44.2 Å². The third-order valence-electron chi connectivity index (χ3n) is 3.52. The van der Waals surface area contributed by atoms with Crippen molar-refractivity contribution in [2.24, 2.45) is 5.92 Å². The summed E-state index contributed by atoms with van der Waals surface area (Å²) in [7, 11) is 0. The van der Waals surface area contributed by atoms with Crippen LogP contribution in [0.25, 0.3) is 0 Å². The fourth-order valence-electron chi connectivity index (χ4n) is 2.12. The van der Waals surface area contributed by atoms with E-state index in [2.05, 4.69) is 24.5 Å². The molecule has 2 amide bonds. The number of hydrogen-bond donors (Lipinski definition) is 3. The molecule has 116 valence electrons. The number of hydrogen-bond acceptors (Lipinski definition) is 2. The van der Waals surface area contributed by atoms with Gasteiger partial charge in [0.2, 0.25) is 0 Å². The van der Waals surface area contributed by atoms with Crippen LogP contribution < -0.4 is 10.6 Å². The summed E-state index contributed by atoms with van der Waals surface area (Å²) in [6.07, 6.45) is 0.483. The number of para-hydroxylation sites is 1. The summed E-state index contributed by atoms with van der Waals surface area (Å²) < 4.78 is 0. The average Bonchev–Trinajstić information content (AvgIpc) is 2.41. The highest BCUT2D eigenvalue weighted by Crippen LogP contribution is 2.27. The van der Waals surface area contributed by atoms with Crippen LogP contribution in [0.5, 0.6) is 0 Å². The SMILES string of the molecule is CCC(CNC(=O)Nc1c(C)cccc1C(C)C)C(=O)O. The Morgan fingerprint density at radius 2 is 1.95 bits per heavy atom. The van der Waals surface area contributed by atoms with Crippen molar-refractivity contribution in [2.75, 3.05) is 11.9 Å². The second-order valence-electron chi connectivity index (χ2n) is 5.47. The lowest BCUT2D eigenvalue weighted by Crippen LogP contribution is -2.35. The van der Waals surface area contributed by atoms with Gasteiger partial charge in [-0.1, -0.05) is 39.0 Å². The van der Waals surface area contributed by atoms with Gasteiger partial charge in [0.05, 0.1) is 5.92 Å². The summed E-state index contributed by atoms with van der Waals surface area (Å²) in [4.78, 5) is 22.9. The third-order valence-corrected chi connectivity index (χ3v) is 3.52. The van der Waals surface area contributed by atoms with Gasteiger partial charge in [-0.25, -0.2) is 4.79 Å². The molecule has 1 unspecified atom stereocenters. The van der Waals surface area contributed by atoms with Crippen LogP contribution in [0.2, 0.25) is 0 Å². The normalized spacial score (nSPS) is 12.0. The van der Waals surface area contributed by atoms with Crippen LogP contribution in [-0.4, -0.2) is 23.7 Å². The van der Waals surface area contributed by atoms with E-state index in [-0.39, 0.29) is 12.6 Å². The topological polar surface area (TPSA) is 78.4 Å². The van der Waals surface area contributed by atoms with Crippen molar-refractivity contribution in [2.45, 2.75) is 40.0 Å². The highest BCUT2D eigenvalue weighted by molar-refractivity contribution is 5.91. The zero-order valence-corrected chi connectivity index (χ0v) is 13.1. The monoisotopic (exact) mass is 292 g/mol. The Morgan fingerprint density at radius 3 is 2.48 bits per heavy atom. The summed E-state index contributed by atoms with van der Waals surface area (Å²) >= 11 is 0. The lowest BCUT2D eigenvalue weighted by molar-refractivity contribution is -0.141. The lowest BCUT2D eigenvalue weighted by Gasteiger charge is -2.17. The smallest absolute Gasteiger partial charge is 0.319 e. The number of carboxylic acid groups (broad SMARTS) is 1. The van der Waals surface area contributed by atoms with E-state index >= 15 is 0 Å². The molecule has 5 nitrogen and oxygen atoms in total. The molecule has 21 heavy (non-hydrogen) atoms. The molecule has 0 bridgehead atoms. The number of rotatable bonds is 6. The number of carbonyl (C=O) groups is 2. The number of aliphatic carboxylic acids is 1. The number of benzene rings is 1. The maximum atomic E-state index is 12.0. The minimum absolute atomic E-state index is 0.126. The van der Waals surface area contributed by atoms with Crippen LogP contribution in [0.4, 0.5) is 10.5 Å². The van der Waals surface area contributed by atoms with E-state index < -0.39 is 11.9 Å². The maximum absolute atomic E-state index is 12.0. The number of nitrogens with one attached hydrogen (secondary N) is 2. The first kappa shape index (κ1) is 17.0. The van der Waals surface area contributed by atoms with Crippen molar-refractivity contribution in [1.82, 2.24) is 5.32 Å². The van der Waals surface area contributed by atoms with Crippen LogP contribution in [-0.2, 0) is 4.79 Å². The molecule has 1 aromatic rings. The Morgan fingerprint density at radius 1 is 1.29 bits per heavy atom. The quantitative estimate of drug-likeness (QED) is 0.752. The number of amides is 2. The van der Waals surface area contributed by atoms with Gasteiger partial charge >= 0.3 is 12.0 Å². The first-order chi connectivity index (χ1) is 9.86. The number of carbonyl (C=O) groups excluding carboxylic acids is 1. The molecule has 0 saturated carbocycles. The Bertz CT molecular complexity index is 512. The molecule has 1 atom stereocenters. The average molecular weight is 292 g/mol. The maximum Gasteiger partial charge on any atom is 0.319 e. The molecule has 0 fully saturated rings. The Kier molecular flexibility index (Phi) is 6.21. The summed E-state index contributed by atoms with van der Waals surface area (Å²) in [5, 5.41) is 14.4.